The Bertz CT molecular complexity index is 1260. The number of carbonyl (C=O) groups is 1. The first-order valence-electron chi connectivity index (χ1n) is 10.2. The third-order valence-electron chi connectivity index (χ3n) is 5.64. The van der Waals surface area contributed by atoms with E-state index in [2.05, 4.69) is 15.1 Å². The van der Waals surface area contributed by atoms with E-state index >= 15 is 0 Å². The van der Waals surface area contributed by atoms with Gasteiger partial charge in [0.05, 0.1) is 22.8 Å². The molecule has 1 fully saturated rings. The molecule has 5 rings (SSSR count). The molecule has 0 saturated carbocycles. The zero-order chi connectivity index (χ0) is 21.5. The standard InChI is InChI=1S/C23H21ClN4O3/c1-13-10-18(20-14(2)27-31-22(20)26-13)23(29)28-9-3-4-19(28)21-25-12-17(30-21)11-15-5-7-16(24)8-6-15/h5-8,10,12,19H,3-4,9,11H2,1-2H3/t19-/m0/s1. The van der Waals surface area contributed by atoms with Crippen molar-refractivity contribution in [3.05, 3.63) is 75.7 Å². The number of amides is 1. The summed E-state index contributed by atoms with van der Waals surface area (Å²) in [6.45, 7) is 4.30. The molecule has 158 valence electrons. The Labute approximate surface area is 184 Å². The van der Waals surface area contributed by atoms with Crippen LogP contribution in [0.25, 0.3) is 11.1 Å². The first-order valence-corrected chi connectivity index (χ1v) is 10.6. The first-order chi connectivity index (χ1) is 15.0. The van der Waals surface area contributed by atoms with Gasteiger partial charge in [0.2, 0.25) is 5.89 Å². The second-order valence-electron chi connectivity index (χ2n) is 7.88. The number of rotatable bonds is 4. The number of benzene rings is 1. The van der Waals surface area contributed by atoms with Crippen molar-refractivity contribution in [3.63, 3.8) is 0 Å². The monoisotopic (exact) mass is 436 g/mol. The predicted molar refractivity (Wildman–Crippen MR) is 115 cm³/mol. The van der Waals surface area contributed by atoms with Gasteiger partial charge in [0, 0.05) is 23.7 Å². The topological polar surface area (TPSA) is 85.3 Å². The number of likely N-dealkylation sites (tertiary alicyclic amines) is 1. The fraction of sp³-hybridized carbons (Fsp3) is 0.304. The molecule has 0 N–H and O–H groups in total. The Morgan fingerprint density at radius 3 is 2.87 bits per heavy atom. The summed E-state index contributed by atoms with van der Waals surface area (Å²) in [6, 6.07) is 9.25. The molecule has 1 aliphatic rings. The molecule has 1 aliphatic heterocycles. The SMILES string of the molecule is Cc1cc(C(=O)N2CCC[C@H]2c2ncc(Cc3ccc(Cl)cc3)o2)c2c(C)noc2n1. The molecular weight excluding hydrogens is 416 g/mol. The van der Waals surface area contributed by atoms with E-state index < -0.39 is 0 Å². The molecule has 1 atom stereocenters. The second-order valence-corrected chi connectivity index (χ2v) is 8.32. The van der Waals surface area contributed by atoms with Crippen LogP contribution in [0.1, 0.15) is 57.8 Å². The van der Waals surface area contributed by atoms with Crippen molar-refractivity contribution >= 4 is 28.6 Å². The van der Waals surface area contributed by atoms with Crippen molar-refractivity contribution in [3.8, 4) is 0 Å². The van der Waals surface area contributed by atoms with E-state index in [4.69, 9.17) is 20.5 Å². The van der Waals surface area contributed by atoms with Crippen LogP contribution in [0.2, 0.25) is 5.02 Å². The molecule has 1 aromatic carbocycles. The lowest BCUT2D eigenvalue weighted by molar-refractivity contribution is 0.0716. The number of nitrogens with zero attached hydrogens (tertiary/aromatic N) is 4. The lowest BCUT2D eigenvalue weighted by atomic mass is 10.1. The maximum Gasteiger partial charge on any atom is 0.258 e. The van der Waals surface area contributed by atoms with Crippen molar-refractivity contribution in [1.29, 1.82) is 0 Å². The van der Waals surface area contributed by atoms with E-state index in [-0.39, 0.29) is 11.9 Å². The molecule has 1 amide bonds. The van der Waals surface area contributed by atoms with Gasteiger partial charge in [-0.1, -0.05) is 28.9 Å². The third kappa shape index (κ3) is 3.70. The van der Waals surface area contributed by atoms with Crippen LogP contribution >= 0.6 is 11.6 Å². The highest BCUT2D eigenvalue weighted by atomic mass is 35.5. The molecule has 31 heavy (non-hydrogen) atoms. The molecule has 4 aromatic rings. The highest BCUT2D eigenvalue weighted by Crippen LogP contribution is 2.34. The van der Waals surface area contributed by atoms with Crippen LogP contribution in [-0.4, -0.2) is 32.5 Å². The number of halogens is 1. The van der Waals surface area contributed by atoms with Gasteiger partial charge in [-0.05, 0) is 50.5 Å². The summed E-state index contributed by atoms with van der Waals surface area (Å²) in [5.41, 5.74) is 3.40. The largest absolute Gasteiger partial charge is 0.443 e. The molecule has 0 bridgehead atoms. The first kappa shape index (κ1) is 19.8. The average molecular weight is 437 g/mol. The van der Waals surface area contributed by atoms with Crippen molar-refractivity contribution in [2.75, 3.05) is 6.54 Å². The normalized spacial score (nSPS) is 16.4. The lowest BCUT2D eigenvalue weighted by Crippen LogP contribution is -2.31. The summed E-state index contributed by atoms with van der Waals surface area (Å²) in [7, 11) is 0. The Morgan fingerprint density at radius 2 is 2.06 bits per heavy atom. The molecule has 0 spiro atoms. The minimum absolute atomic E-state index is 0.0817. The Balaban J connectivity index is 1.42. The summed E-state index contributed by atoms with van der Waals surface area (Å²) < 4.78 is 11.3. The van der Waals surface area contributed by atoms with Crippen molar-refractivity contribution in [2.24, 2.45) is 0 Å². The predicted octanol–water partition coefficient (Wildman–Crippen LogP) is 5.05. The smallest absolute Gasteiger partial charge is 0.258 e. The van der Waals surface area contributed by atoms with Gasteiger partial charge in [-0.15, -0.1) is 0 Å². The van der Waals surface area contributed by atoms with Gasteiger partial charge in [0.15, 0.2) is 0 Å². The van der Waals surface area contributed by atoms with Crippen LogP contribution in [0.4, 0.5) is 0 Å². The van der Waals surface area contributed by atoms with Crippen molar-refractivity contribution in [1.82, 2.24) is 20.0 Å². The van der Waals surface area contributed by atoms with Crippen LogP contribution in [-0.2, 0) is 6.42 Å². The van der Waals surface area contributed by atoms with Crippen LogP contribution in [0.3, 0.4) is 0 Å². The van der Waals surface area contributed by atoms with E-state index in [0.29, 0.717) is 51.9 Å². The highest BCUT2D eigenvalue weighted by molar-refractivity contribution is 6.30. The van der Waals surface area contributed by atoms with E-state index in [1.807, 2.05) is 43.0 Å². The van der Waals surface area contributed by atoms with Crippen molar-refractivity contribution in [2.45, 2.75) is 39.2 Å². The number of aryl methyl sites for hydroxylation is 2. The van der Waals surface area contributed by atoms with Gasteiger partial charge in [0.25, 0.3) is 11.6 Å². The molecule has 8 heteroatoms. The molecule has 0 unspecified atom stereocenters. The number of pyridine rings is 1. The maximum atomic E-state index is 13.5. The Kier molecular flexibility index (Phi) is 4.98. The molecule has 0 aliphatic carbocycles. The number of hydrogen-bond donors (Lipinski definition) is 0. The molecule has 4 heterocycles. The number of oxazole rings is 1. The number of carbonyl (C=O) groups excluding carboxylic acids is 1. The van der Waals surface area contributed by atoms with E-state index in [9.17, 15) is 4.79 Å². The third-order valence-corrected chi connectivity index (χ3v) is 5.89. The highest BCUT2D eigenvalue weighted by Gasteiger charge is 2.35. The van der Waals surface area contributed by atoms with E-state index in [0.717, 1.165) is 24.2 Å². The second kappa shape index (κ2) is 7.81. The van der Waals surface area contributed by atoms with Crippen LogP contribution in [0.15, 0.2) is 45.5 Å². The zero-order valence-electron chi connectivity index (χ0n) is 17.3. The summed E-state index contributed by atoms with van der Waals surface area (Å²) in [5, 5.41) is 5.35. The van der Waals surface area contributed by atoms with Crippen molar-refractivity contribution < 1.29 is 13.7 Å². The number of hydrogen-bond acceptors (Lipinski definition) is 6. The summed E-state index contributed by atoms with van der Waals surface area (Å²) >= 11 is 5.96. The van der Waals surface area contributed by atoms with Gasteiger partial charge in [-0.25, -0.2) is 9.97 Å². The molecule has 0 radical (unpaired) electrons. The van der Waals surface area contributed by atoms with E-state index in [1.54, 1.807) is 12.3 Å². The van der Waals surface area contributed by atoms with Gasteiger partial charge in [-0.2, -0.15) is 0 Å². The molecule has 7 nitrogen and oxygen atoms in total. The summed E-state index contributed by atoms with van der Waals surface area (Å²) in [6.07, 6.45) is 4.06. The zero-order valence-corrected chi connectivity index (χ0v) is 18.0. The minimum Gasteiger partial charge on any atom is -0.443 e. The quantitative estimate of drug-likeness (QED) is 0.445. The minimum atomic E-state index is -0.199. The fourth-order valence-electron chi connectivity index (χ4n) is 4.17. The van der Waals surface area contributed by atoms with Gasteiger partial charge in [-0.3, -0.25) is 4.79 Å². The van der Waals surface area contributed by atoms with Crippen LogP contribution < -0.4 is 0 Å². The number of aromatic nitrogens is 3. The molecule has 1 saturated heterocycles. The van der Waals surface area contributed by atoms with Gasteiger partial charge < -0.3 is 13.8 Å². The number of fused-ring (bicyclic) bond motifs is 1. The van der Waals surface area contributed by atoms with E-state index in [1.165, 1.54) is 0 Å². The summed E-state index contributed by atoms with van der Waals surface area (Å²) in [5.74, 6) is 1.24. The molecule has 3 aromatic heterocycles. The summed E-state index contributed by atoms with van der Waals surface area (Å²) in [4.78, 5) is 24.2. The van der Waals surface area contributed by atoms with Gasteiger partial charge in [0.1, 0.15) is 11.8 Å². The molecular formula is C23H21ClN4O3. The average Bonchev–Trinajstić information content (AvgIpc) is 3.49. The Hall–Kier alpha value is -3.19. The maximum absolute atomic E-state index is 13.5. The van der Waals surface area contributed by atoms with Crippen LogP contribution in [0.5, 0.6) is 0 Å². The van der Waals surface area contributed by atoms with Gasteiger partial charge >= 0.3 is 0 Å². The fourth-order valence-corrected chi connectivity index (χ4v) is 4.30. The Morgan fingerprint density at radius 1 is 1.26 bits per heavy atom. The van der Waals surface area contributed by atoms with Crippen LogP contribution in [0, 0.1) is 13.8 Å². The lowest BCUT2D eigenvalue weighted by Gasteiger charge is -2.22.